The highest BCUT2D eigenvalue weighted by molar-refractivity contribution is 5.79. The van der Waals surface area contributed by atoms with Crippen LogP contribution in [-0.2, 0) is 11.3 Å². The minimum atomic E-state index is -0.436. The summed E-state index contributed by atoms with van der Waals surface area (Å²) < 4.78 is 5.41. The molecule has 0 spiro atoms. The van der Waals surface area contributed by atoms with Gasteiger partial charge in [-0.05, 0) is 25.3 Å². The highest BCUT2D eigenvalue weighted by Crippen LogP contribution is 2.28. The SMILES string of the molecule is COc1ccccc1CN1CCN(C(=O)C2CCCC2O)CC1. The number of para-hydroxylation sites is 1. The van der Waals surface area contributed by atoms with Gasteiger partial charge in [0.1, 0.15) is 5.75 Å². The molecule has 2 fully saturated rings. The maximum atomic E-state index is 12.5. The van der Waals surface area contributed by atoms with E-state index in [1.165, 1.54) is 5.56 Å². The molecular weight excluding hydrogens is 292 g/mol. The minimum Gasteiger partial charge on any atom is -0.496 e. The summed E-state index contributed by atoms with van der Waals surface area (Å²) in [5.74, 6) is 0.891. The highest BCUT2D eigenvalue weighted by Gasteiger charge is 2.35. The number of hydrogen-bond acceptors (Lipinski definition) is 4. The van der Waals surface area contributed by atoms with Crippen molar-refractivity contribution in [1.29, 1.82) is 0 Å². The summed E-state index contributed by atoms with van der Waals surface area (Å²) in [6, 6.07) is 8.08. The number of rotatable bonds is 4. The number of piperazine rings is 1. The van der Waals surface area contributed by atoms with Gasteiger partial charge in [-0.1, -0.05) is 18.2 Å². The van der Waals surface area contributed by atoms with E-state index in [9.17, 15) is 9.90 Å². The van der Waals surface area contributed by atoms with E-state index < -0.39 is 6.10 Å². The fourth-order valence-corrected chi connectivity index (χ4v) is 3.66. The molecule has 3 rings (SSSR count). The third kappa shape index (κ3) is 3.67. The zero-order valence-electron chi connectivity index (χ0n) is 13.8. The monoisotopic (exact) mass is 318 g/mol. The van der Waals surface area contributed by atoms with E-state index in [1.807, 2.05) is 23.1 Å². The predicted octanol–water partition coefficient (Wildman–Crippen LogP) is 1.50. The lowest BCUT2D eigenvalue weighted by atomic mass is 10.0. The molecule has 1 aliphatic carbocycles. The van der Waals surface area contributed by atoms with E-state index in [1.54, 1.807) is 7.11 Å². The summed E-state index contributed by atoms with van der Waals surface area (Å²) in [6.07, 6.45) is 2.13. The average molecular weight is 318 g/mol. The van der Waals surface area contributed by atoms with Crippen LogP contribution in [0.4, 0.5) is 0 Å². The molecule has 1 aromatic carbocycles. The van der Waals surface area contributed by atoms with Gasteiger partial charge in [0.15, 0.2) is 0 Å². The molecule has 1 N–H and O–H groups in total. The molecule has 1 heterocycles. The smallest absolute Gasteiger partial charge is 0.228 e. The van der Waals surface area contributed by atoms with Gasteiger partial charge in [0.2, 0.25) is 5.91 Å². The van der Waals surface area contributed by atoms with E-state index in [0.717, 1.165) is 57.7 Å². The number of aliphatic hydroxyl groups is 1. The Morgan fingerprint density at radius 2 is 1.96 bits per heavy atom. The maximum absolute atomic E-state index is 12.5. The van der Waals surface area contributed by atoms with E-state index in [-0.39, 0.29) is 11.8 Å². The van der Waals surface area contributed by atoms with Crippen molar-refractivity contribution in [2.75, 3.05) is 33.3 Å². The van der Waals surface area contributed by atoms with Gasteiger partial charge in [-0.15, -0.1) is 0 Å². The quantitative estimate of drug-likeness (QED) is 0.914. The van der Waals surface area contributed by atoms with Gasteiger partial charge in [-0.25, -0.2) is 0 Å². The summed E-state index contributed by atoms with van der Waals surface area (Å²) in [4.78, 5) is 16.8. The standard InChI is InChI=1S/C18H26N2O3/c1-23-17-8-3-2-5-14(17)13-19-9-11-20(12-10-19)18(22)15-6-4-7-16(15)21/h2-3,5,8,15-16,21H,4,6-7,9-13H2,1H3. The van der Waals surface area contributed by atoms with Crippen molar-refractivity contribution in [3.8, 4) is 5.75 Å². The van der Waals surface area contributed by atoms with Crippen molar-refractivity contribution in [2.24, 2.45) is 5.92 Å². The number of hydrogen-bond donors (Lipinski definition) is 1. The average Bonchev–Trinajstić information content (AvgIpc) is 3.01. The highest BCUT2D eigenvalue weighted by atomic mass is 16.5. The van der Waals surface area contributed by atoms with Crippen LogP contribution in [0.1, 0.15) is 24.8 Å². The van der Waals surface area contributed by atoms with Crippen LogP contribution in [0.5, 0.6) is 5.75 Å². The van der Waals surface area contributed by atoms with Crippen LogP contribution in [0.3, 0.4) is 0 Å². The normalized spacial score (nSPS) is 25.6. The molecule has 2 aliphatic rings. The van der Waals surface area contributed by atoms with Crippen LogP contribution in [0.15, 0.2) is 24.3 Å². The summed E-state index contributed by atoms with van der Waals surface area (Å²) in [5.41, 5.74) is 1.18. The summed E-state index contributed by atoms with van der Waals surface area (Å²) in [6.45, 7) is 4.08. The summed E-state index contributed by atoms with van der Waals surface area (Å²) >= 11 is 0. The molecule has 0 bridgehead atoms. The predicted molar refractivity (Wildman–Crippen MR) is 88.2 cm³/mol. The van der Waals surface area contributed by atoms with Crippen LogP contribution >= 0.6 is 0 Å². The molecule has 126 valence electrons. The molecule has 1 saturated carbocycles. The van der Waals surface area contributed by atoms with Crippen LogP contribution in [0.25, 0.3) is 0 Å². The lowest BCUT2D eigenvalue weighted by molar-refractivity contribution is -0.140. The summed E-state index contributed by atoms with van der Waals surface area (Å²) in [7, 11) is 1.70. The molecule has 0 aromatic heterocycles. The first kappa shape index (κ1) is 16.3. The zero-order valence-corrected chi connectivity index (χ0v) is 13.8. The first-order valence-corrected chi connectivity index (χ1v) is 8.50. The molecule has 1 aromatic rings. The van der Waals surface area contributed by atoms with Gasteiger partial charge in [-0.3, -0.25) is 9.69 Å². The van der Waals surface area contributed by atoms with Crippen molar-refractivity contribution in [3.63, 3.8) is 0 Å². The Labute approximate surface area is 137 Å². The Hall–Kier alpha value is -1.59. The second-order valence-corrected chi connectivity index (χ2v) is 6.52. The largest absolute Gasteiger partial charge is 0.496 e. The summed E-state index contributed by atoms with van der Waals surface area (Å²) in [5, 5.41) is 9.92. The van der Waals surface area contributed by atoms with Crippen LogP contribution in [0, 0.1) is 5.92 Å². The lowest BCUT2D eigenvalue weighted by Crippen LogP contribution is -2.50. The third-order valence-electron chi connectivity index (χ3n) is 5.07. The van der Waals surface area contributed by atoms with Crippen LogP contribution < -0.4 is 4.74 Å². The Balaban J connectivity index is 1.53. The fourth-order valence-electron chi connectivity index (χ4n) is 3.66. The van der Waals surface area contributed by atoms with Crippen LogP contribution in [-0.4, -0.2) is 60.2 Å². The van der Waals surface area contributed by atoms with Crippen LogP contribution in [0.2, 0.25) is 0 Å². The number of nitrogens with zero attached hydrogens (tertiary/aromatic N) is 2. The molecule has 1 saturated heterocycles. The number of amides is 1. The van der Waals surface area contributed by atoms with Crippen molar-refractivity contribution >= 4 is 5.91 Å². The number of ether oxygens (including phenoxy) is 1. The second kappa shape index (κ2) is 7.32. The molecule has 23 heavy (non-hydrogen) atoms. The number of methoxy groups -OCH3 is 1. The van der Waals surface area contributed by atoms with Gasteiger partial charge < -0.3 is 14.7 Å². The van der Waals surface area contributed by atoms with Gasteiger partial charge in [-0.2, -0.15) is 0 Å². The second-order valence-electron chi connectivity index (χ2n) is 6.52. The molecule has 1 aliphatic heterocycles. The minimum absolute atomic E-state index is 0.145. The molecule has 0 radical (unpaired) electrons. The third-order valence-corrected chi connectivity index (χ3v) is 5.07. The Morgan fingerprint density at radius 3 is 2.61 bits per heavy atom. The number of carbonyl (C=O) groups excluding carboxylic acids is 1. The van der Waals surface area contributed by atoms with Gasteiger partial charge in [0.05, 0.1) is 19.1 Å². The molecule has 2 unspecified atom stereocenters. The van der Waals surface area contributed by atoms with Crippen molar-refractivity contribution in [2.45, 2.75) is 31.9 Å². The zero-order chi connectivity index (χ0) is 16.2. The molecule has 1 amide bonds. The van der Waals surface area contributed by atoms with E-state index in [2.05, 4.69) is 11.0 Å². The molecule has 2 atom stereocenters. The van der Waals surface area contributed by atoms with Gasteiger partial charge >= 0.3 is 0 Å². The van der Waals surface area contributed by atoms with Crippen molar-refractivity contribution in [1.82, 2.24) is 9.80 Å². The lowest BCUT2D eigenvalue weighted by Gasteiger charge is -2.36. The van der Waals surface area contributed by atoms with E-state index in [0.29, 0.717) is 0 Å². The van der Waals surface area contributed by atoms with E-state index in [4.69, 9.17) is 4.74 Å². The number of carbonyl (C=O) groups is 1. The first-order chi connectivity index (χ1) is 11.2. The van der Waals surface area contributed by atoms with Crippen molar-refractivity contribution < 1.29 is 14.6 Å². The van der Waals surface area contributed by atoms with Gasteiger partial charge in [0.25, 0.3) is 0 Å². The number of benzene rings is 1. The maximum Gasteiger partial charge on any atom is 0.228 e. The topological polar surface area (TPSA) is 53.0 Å². The van der Waals surface area contributed by atoms with Gasteiger partial charge in [0, 0.05) is 38.3 Å². The first-order valence-electron chi connectivity index (χ1n) is 8.50. The van der Waals surface area contributed by atoms with E-state index >= 15 is 0 Å². The Kier molecular flexibility index (Phi) is 5.18. The fraction of sp³-hybridized carbons (Fsp3) is 0.611. The Morgan fingerprint density at radius 1 is 1.22 bits per heavy atom. The molecule has 5 nitrogen and oxygen atoms in total. The molecule has 5 heteroatoms. The Bertz CT molecular complexity index is 541. The molecular formula is C18H26N2O3. The number of aliphatic hydroxyl groups excluding tert-OH is 1. The van der Waals surface area contributed by atoms with Crippen molar-refractivity contribution in [3.05, 3.63) is 29.8 Å².